The van der Waals surface area contributed by atoms with Crippen molar-refractivity contribution in [3.8, 4) is 0 Å². The quantitative estimate of drug-likeness (QED) is 0.570. The number of hydrogen-bond donors (Lipinski definition) is 3. The third kappa shape index (κ3) is 3.14. The van der Waals surface area contributed by atoms with Gasteiger partial charge in [-0.2, -0.15) is 0 Å². The Morgan fingerprint density at radius 3 is 2.47 bits per heavy atom. The molecule has 0 aliphatic heterocycles. The molecule has 0 saturated heterocycles. The standard InChI is InChI=1S/C13H10FIN2O2/c14-10-6-11(16)9(13(18)19)5-12(10)17-8-3-1-7(15)2-4-8/h1-6,17H,16H2,(H,18,19). The maximum Gasteiger partial charge on any atom is 0.337 e. The number of rotatable bonds is 3. The van der Waals surface area contributed by atoms with Crippen LogP contribution in [0.4, 0.5) is 21.5 Å². The third-order valence-corrected chi connectivity index (χ3v) is 3.21. The fraction of sp³-hybridized carbons (Fsp3) is 0. The van der Waals surface area contributed by atoms with Crippen molar-refractivity contribution in [2.24, 2.45) is 0 Å². The molecule has 0 aromatic heterocycles. The normalized spacial score (nSPS) is 10.2. The summed E-state index contributed by atoms with van der Waals surface area (Å²) in [4.78, 5) is 11.0. The molecule has 2 aromatic carbocycles. The van der Waals surface area contributed by atoms with Crippen molar-refractivity contribution in [2.75, 3.05) is 11.1 Å². The molecule has 0 aliphatic carbocycles. The largest absolute Gasteiger partial charge is 0.478 e. The van der Waals surface area contributed by atoms with Gasteiger partial charge >= 0.3 is 5.97 Å². The summed E-state index contributed by atoms with van der Waals surface area (Å²) in [5.41, 5.74) is 5.97. The third-order valence-electron chi connectivity index (χ3n) is 2.49. The molecule has 98 valence electrons. The minimum Gasteiger partial charge on any atom is -0.478 e. The van der Waals surface area contributed by atoms with Gasteiger partial charge in [-0.1, -0.05) is 0 Å². The second-order valence-electron chi connectivity index (χ2n) is 3.86. The molecular formula is C13H10FIN2O2. The minimum atomic E-state index is -1.19. The van der Waals surface area contributed by atoms with Crippen molar-refractivity contribution in [3.63, 3.8) is 0 Å². The predicted molar refractivity (Wildman–Crippen MR) is 80.2 cm³/mol. The summed E-state index contributed by atoms with van der Waals surface area (Å²) in [7, 11) is 0. The molecular weight excluding hydrogens is 362 g/mol. The molecule has 0 amide bonds. The van der Waals surface area contributed by atoms with Gasteiger partial charge in [0.2, 0.25) is 0 Å². The minimum absolute atomic E-state index is 0.0767. The predicted octanol–water partition coefficient (Wildman–Crippen LogP) is 3.45. The summed E-state index contributed by atoms with van der Waals surface area (Å²) in [6.45, 7) is 0. The van der Waals surface area contributed by atoms with E-state index in [4.69, 9.17) is 10.8 Å². The first-order valence-corrected chi connectivity index (χ1v) is 6.40. The molecule has 0 bridgehead atoms. The monoisotopic (exact) mass is 372 g/mol. The van der Waals surface area contributed by atoms with Crippen LogP contribution in [0.5, 0.6) is 0 Å². The van der Waals surface area contributed by atoms with Crippen molar-refractivity contribution >= 4 is 45.6 Å². The van der Waals surface area contributed by atoms with Gasteiger partial charge < -0.3 is 16.2 Å². The number of anilines is 3. The number of carbonyl (C=O) groups is 1. The number of aromatic carboxylic acids is 1. The zero-order valence-electron chi connectivity index (χ0n) is 9.65. The Labute approximate surface area is 122 Å². The van der Waals surface area contributed by atoms with Crippen LogP contribution in [-0.2, 0) is 0 Å². The fourth-order valence-corrected chi connectivity index (χ4v) is 1.92. The lowest BCUT2D eigenvalue weighted by molar-refractivity contribution is 0.0698. The van der Waals surface area contributed by atoms with Gasteiger partial charge in [0.05, 0.1) is 11.3 Å². The maximum atomic E-state index is 13.7. The van der Waals surface area contributed by atoms with E-state index in [0.29, 0.717) is 5.69 Å². The average molecular weight is 372 g/mol. The van der Waals surface area contributed by atoms with Gasteiger partial charge in [-0.25, -0.2) is 9.18 Å². The van der Waals surface area contributed by atoms with Crippen LogP contribution >= 0.6 is 22.6 Å². The Bertz CT molecular complexity index is 629. The molecule has 2 aromatic rings. The molecule has 4 N–H and O–H groups in total. The number of carboxylic acids is 1. The molecule has 0 saturated carbocycles. The van der Waals surface area contributed by atoms with Gasteiger partial charge in [0.1, 0.15) is 5.82 Å². The molecule has 0 radical (unpaired) electrons. The van der Waals surface area contributed by atoms with Crippen LogP contribution in [0.15, 0.2) is 36.4 Å². The molecule has 0 atom stereocenters. The van der Waals surface area contributed by atoms with Crippen molar-refractivity contribution in [1.29, 1.82) is 0 Å². The highest BCUT2D eigenvalue weighted by atomic mass is 127. The van der Waals surface area contributed by atoms with Crippen LogP contribution in [-0.4, -0.2) is 11.1 Å². The van der Waals surface area contributed by atoms with Crippen LogP contribution < -0.4 is 11.1 Å². The van der Waals surface area contributed by atoms with E-state index in [1.54, 1.807) is 12.1 Å². The molecule has 0 unspecified atom stereocenters. The Hall–Kier alpha value is -1.83. The van der Waals surface area contributed by atoms with Crippen LogP contribution in [0.3, 0.4) is 0 Å². The van der Waals surface area contributed by atoms with Crippen molar-refractivity contribution in [3.05, 3.63) is 51.3 Å². The zero-order chi connectivity index (χ0) is 14.0. The van der Waals surface area contributed by atoms with Crippen LogP contribution in [0.25, 0.3) is 0 Å². The smallest absolute Gasteiger partial charge is 0.337 e. The molecule has 0 aliphatic rings. The van der Waals surface area contributed by atoms with Crippen molar-refractivity contribution in [1.82, 2.24) is 0 Å². The Morgan fingerprint density at radius 1 is 1.26 bits per heavy atom. The lowest BCUT2D eigenvalue weighted by atomic mass is 10.1. The first-order valence-electron chi connectivity index (χ1n) is 5.32. The highest BCUT2D eigenvalue weighted by Crippen LogP contribution is 2.25. The molecule has 4 nitrogen and oxygen atoms in total. The number of nitrogens with one attached hydrogen (secondary N) is 1. The van der Waals surface area contributed by atoms with E-state index in [1.807, 2.05) is 12.1 Å². The zero-order valence-corrected chi connectivity index (χ0v) is 11.8. The van der Waals surface area contributed by atoms with Gasteiger partial charge in [-0.3, -0.25) is 0 Å². The molecule has 0 heterocycles. The second-order valence-corrected chi connectivity index (χ2v) is 5.10. The van der Waals surface area contributed by atoms with E-state index in [0.717, 1.165) is 9.64 Å². The maximum absolute atomic E-state index is 13.7. The average Bonchev–Trinajstić information content (AvgIpc) is 2.34. The molecule has 6 heteroatoms. The van der Waals surface area contributed by atoms with Gasteiger partial charge in [-0.15, -0.1) is 0 Å². The van der Waals surface area contributed by atoms with E-state index in [1.165, 1.54) is 6.07 Å². The number of benzene rings is 2. The lowest BCUT2D eigenvalue weighted by Gasteiger charge is -2.10. The van der Waals surface area contributed by atoms with E-state index < -0.39 is 11.8 Å². The second kappa shape index (κ2) is 5.43. The number of nitrogens with two attached hydrogens (primary N) is 1. The Morgan fingerprint density at radius 2 is 1.89 bits per heavy atom. The van der Waals surface area contributed by atoms with Gasteiger partial charge in [0.25, 0.3) is 0 Å². The highest BCUT2D eigenvalue weighted by molar-refractivity contribution is 14.1. The van der Waals surface area contributed by atoms with E-state index in [-0.39, 0.29) is 16.9 Å². The van der Waals surface area contributed by atoms with Crippen LogP contribution in [0.2, 0.25) is 0 Å². The van der Waals surface area contributed by atoms with Gasteiger partial charge in [0.15, 0.2) is 0 Å². The van der Waals surface area contributed by atoms with E-state index in [9.17, 15) is 9.18 Å². The number of hydrogen-bond acceptors (Lipinski definition) is 3. The van der Waals surface area contributed by atoms with Crippen molar-refractivity contribution < 1.29 is 14.3 Å². The van der Waals surface area contributed by atoms with Crippen LogP contribution in [0.1, 0.15) is 10.4 Å². The van der Waals surface area contributed by atoms with Crippen LogP contribution in [0, 0.1) is 9.39 Å². The first kappa shape index (κ1) is 13.6. The molecule has 19 heavy (non-hydrogen) atoms. The summed E-state index contributed by atoms with van der Waals surface area (Å²) < 4.78 is 14.8. The summed E-state index contributed by atoms with van der Waals surface area (Å²) in [5, 5.41) is 11.8. The van der Waals surface area contributed by atoms with Gasteiger partial charge in [-0.05, 0) is 59.0 Å². The van der Waals surface area contributed by atoms with Crippen molar-refractivity contribution in [2.45, 2.75) is 0 Å². The Balaban J connectivity index is 2.37. The summed E-state index contributed by atoms with van der Waals surface area (Å²) >= 11 is 2.16. The Kier molecular flexibility index (Phi) is 3.89. The number of nitrogen functional groups attached to an aromatic ring is 1. The van der Waals surface area contributed by atoms with Gasteiger partial charge in [0, 0.05) is 14.9 Å². The van der Waals surface area contributed by atoms with E-state index in [2.05, 4.69) is 27.9 Å². The fourth-order valence-electron chi connectivity index (χ4n) is 1.56. The molecule has 2 rings (SSSR count). The number of halogens is 2. The summed E-state index contributed by atoms with van der Waals surface area (Å²) in [5.74, 6) is -1.79. The first-order chi connectivity index (χ1) is 8.97. The number of carboxylic acid groups (broad SMARTS) is 1. The summed E-state index contributed by atoms with van der Waals surface area (Å²) in [6, 6.07) is 9.45. The topological polar surface area (TPSA) is 75.3 Å². The lowest BCUT2D eigenvalue weighted by Crippen LogP contribution is -2.05. The summed E-state index contributed by atoms with van der Waals surface area (Å²) in [6.07, 6.45) is 0. The van der Waals surface area contributed by atoms with E-state index >= 15 is 0 Å². The molecule has 0 spiro atoms. The SMILES string of the molecule is Nc1cc(F)c(Nc2ccc(I)cc2)cc1C(=O)O. The highest BCUT2D eigenvalue weighted by Gasteiger charge is 2.13. The molecule has 0 fully saturated rings.